The van der Waals surface area contributed by atoms with Gasteiger partial charge in [0, 0.05) is 17.8 Å². The highest BCUT2D eigenvalue weighted by atomic mass is 79.9. The lowest BCUT2D eigenvalue weighted by Gasteiger charge is -2.13. The third-order valence-corrected chi connectivity index (χ3v) is 3.44. The fourth-order valence-electron chi connectivity index (χ4n) is 1.77. The maximum atomic E-state index is 11.7. The molecule has 2 aromatic heterocycles. The first-order valence-electron chi connectivity index (χ1n) is 4.96. The van der Waals surface area contributed by atoms with E-state index < -0.39 is 0 Å². The molecule has 1 N–H and O–H groups in total. The van der Waals surface area contributed by atoms with Crippen molar-refractivity contribution in [1.29, 1.82) is 0 Å². The SMILES string of the molecule is O=C1CC(Br)CN1c1nc(Cl)c2[nH]cnc2n1. The van der Waals surface area contributed by atoms with Gasteiger partial charge in [0.1, 0.15) is 5.52 Å². The average molecular weight is 317 g/mol. The number of aromatic amines is 1. The first kappa shape index (κ1) is 10.9. The number of alkyl halides is 1. The van der Waals surface area contributed by atoms with Crippen LogP contribution in [-0.2, 0) is 4.79 Å². The Morgan fingerprint density at radius 3 is 3.06 bits per heavy atom. The zero-order valence-corrected chi connectivity index (χ0v) is 10.9. The van der Waals surface area contributed by atoms with Crippen molar-refractivity contribution in [2.45, 2.75) is 11.2 Å². The van der Waals surface area contributed by atoms with E-state index in [-0.39, 0.29) is 15.9 Å². The summed E-state index contributed by atoms with van der Waals surface area (Å²) >= 11 is 9.40. The van der Waals surface area contributed by atoms with Gasteiger partial charge in [-0.3, -0.25) is 9.69 Å². The Balaban J connectivity index is 2.08. The molecule has 6 nitrogen and oxygen atoms in total. The third kappa shape index (κ3) is 1.79. The Kier molecular flexibility index (Phi) is 2.52. The first-order valence-corrected chi connectivity index (χ1v) is 6.25. The van der Waals surface area contributed by atoms with Crippen molar-refractivity contribution in [3.8, 4) is 0 Å². The number of carbonyl (C=O) groups excluding carboxylic acids is 1. The molecule has 17 heavy (non-hydrogen) atoms. The van der Waals surface area contributed by atoms with E-state index >= 15 is 0 Å². The molecule has 1 unspecified atom stereocenters. The van der Waals surface area contributed by atoms with Crippen LogP contribution in [0.2, 0.25) is 5.15 Å². The Labute approximate surface area is 110 Å². The maximum Gasteiger partial charge on any atom is 0.235 e. The lowest BCUT2D eigenvalue weighted by molar-refractivity contribution is -0.117. The lowest BCUT2D eigenvalue weighted by atomic mass is 10.4. The van der Waals surface area contributed by atoms with Crippen LogP contribution >= 0.6 is 27.5 Å². The average Bonchev–Trinajstić information content (AvgIpc) is 2.84. The summed E-state index contributed by atoms with van der Waals surface area (Å²) in [7, 11) is 0. The molecule has 0 radical (unpaired) electrons. The van der Waals surface area contributed by atoms with Gasteiger partial charge in [0.05, 0.1) is 6.33 Å². The van der Waals surface area contributed by atoms with E-state index in [1.54, 1.807) is 0 Å². The highest BCUT2D eigenvalue weighted by Gasteiger charge is 2.31. The molecule has 0 aliphatic carbocycles. The highest BCUT2D eigenvalue weighted by Crippen LogP contribution is 2.25. The second-order valence-electron chi connectivity index (χ2n) is 3.72. The summed E-state index contributed by atoms with van der Waals surface area (Å²) in [5.74, 6) is 0.291. The number of H-pyrrole nitrogens is 1. The summed E-state index contributed by atoms with van der Waals surface area (Å²) in [5.41, 5.74) is 1.04. The van der Waals surface area contributed by atoms with E-state index in [0.717, 1.165) is 0 Å². The Morgan fingerprint density at radius 1 is 1.53 bits per heavy atom. The largest absolute Gasteiger partial charge is 0.341 e. The van der Waals surface area contributed by atoms with Gasteiger partial charge in [-0.1, -0.05) is 27.5 Å². The third-order valence-electron chi connectivity index (χ3n) is 2.55. The molecule has 8 heteroatoms. The highest BCUT2D eigenvalue weighted by molar-refractivity contribution is 9.09. The Bertz CT molecular complexity index is 600. The maximum absolute atomic E-state index is 11.7. The van der Waals surface area contributed by atoms with Crippen molar-refractivity contribution in [2.24, 2.45) is 0 Å². The van der Waals surface area contributed by atoms with Crippen molar-refractivity contribution in [3.63, 3.8) is 0 Å². The molecule has 1 atom stereocenters. The van der Waals surface area contributed by atoms with Crippen molar-refractivity contribution in [1.82, 2.24) is 19.9 Å². The number of imidazole rings is 1. The molecular formula is C9H7BrClN5O. The standard InChI is InChI=1S/C9H7BrClN5O/c10-4-1-5(17)16(2-4)9-14-7(11)6-8(15-9)13-3-12-6/h3-4H,1-2H2,(H,12,13,14,15). The molecule has 3 heterocycles. The number of hydrogen-bond acceptors (Lipinski definition) is 4. The number of nitrogens with zero attached hydrogens (tertiary/aromatic N) is 4. The Hall–Kier alpha value is -1.21. The van der Waals surface area contributed by atoms with Gasteiger partial charge < -0.3 is 4.98 Å². The van der Waals surface area contributed by atoms with Gasteiger partial charge in [-0.05, 0) is 0 Å². The summed E-state index contributed by atoms with van der Waals surface area (Å²) in [4.78, 5) is 28.5. The second kappa shape index (κ2) is 3.92. The van der Waals surface area contributed by atoms with Crippen LogP contribution in [-0.4, -0.2) is 37.2 Å². The van der Waals surface area contributed by atoms with E-state index in [9.17, 15) is 4.79 Å². The van der Waals surface area contributed by atoms with Crippen LogP contribution in [0.5, 0.6) is 0 Å². The normalized spacial score (nSPS) is 20.5. The van der Waals surface area contributed by atoms with Crippen molar-refractivity contribution in [2.75, 3.05) is 11.4 Å². The molecule has 0 saturated carbocycles. The number of aromatic nitrogens is 4. The molecule has 1 saturated heterocycles. The number of halogens is 2. The zero-order valence-electron chi connectivity index (χ0n) is 8.52. The van der Waals surface area contributed by atoms with Gasteiger partial charge in [0.15, 0.2) is 10.8 Å². The molecule has 0 spiro atoms. The molecule has 88 valence electrons. The van der Waals surface area contributed by atoms with Crippen LogP contribution in [0.1, 0.15) is 6.42 Å². The molecule has 0 aromatic carbocycles. The predicted molar refractivity (Wildman–Crippen MR) is 66.4 cm³/mol. The van der Waals surface area contributed by atoms with Crippen LogP contribution in [0, 0.1) is 0 Å². The van der Waals surface area contributed by atoms with Crippen LogP contribution in [0.15, 0.2) is 6.33 Å². The number of carbonyl (C=O) groups is 1. The smallest absolute Gasteiger partial charge is 0.235 e. The monoisotopic (exact) mass is 315 g/mol. The minimum atomic E-state index is -0.0159. The summed E-state index contributed by atoms with van der Waals surface area (Å²) < 4.78 is 0. The lowest BCUT2D eigenvalue weighted by Crippen LogP contribution is -2.26. The number of rotatable bonds is 1. The van der Waals surface area contributed by atoms with Crippen molar-refractivity contribution in [3.05, 3.63) is 11.5 Å². The summed E-state index contributed by atoms with van der Waals surface area (Å²) in [5, 5.41) is 0.272. The molecule has 0 bridgehead atoms. The topological polar surface area (TPSA) is 74.8 Å². The molecule has 1 aliphatic heterocycles. The predicted octanol–water partition coefficient (Wildman–Crippen LogP) is 1.51. The van der Waals surface area contributed by atoms with Gasteiger partial charge in [-0.15, -0.1) is 0 Å². The first-order chi connectivity index (χ1) is 8.15. The van der Waals surface area contributed by atoms with Gasteiger partial charge in [0.2, 0.25) is 11.9 Å². The van der Waals surface area contributed by atoms with Crippen molar-refractivity contribution >= 4 is 50.6 Å². The second-order valence-corrected chi connectivity index (χ2v) is 5.37. The molecule has 2 aromatic rings. The molecule has 1 fully saturated rings. The molecule has 3 rings (SSSR count). The zero-order chi connectivity index (χ0) is 12.0. The molecule has 1 amide bonds. The van der Waals surface area contributed by atoms with E-state index in [1.165, 1.54) is 11.2 Å². The summed E-state index contributed by atoms with van der Waals surface area (Å²) in [6.45, 7) is 0.547. The van der Waals surface area contributed by atoms with Crippen molar-refractivity contribution < 1.29 is 4.79 Å². The molecule has 1 aliphatic rings. The molecular weight excluding hydrogens is 309 g/mol. The minimum Gasteiger partial charge on any atom is -0.341 e. The minimum absolute atomic E-state index is 0.0159. The van der Waals surface area contributed by atoms with E-state index in [1.807, 2.05) is 0 Å². The summed E-state index contributed by atoms with van der Waals surface area (Å²) in [6.07, 6.45) is 1.94. The van der Waals surface area contributed by atoms with E-state index in [2.05, 4.69) is 35.9 Å². The fraction of sp³-hybridized carbons (Fsp3) is 0.333. The van der Waals surface area contributed by atoms with E-state index in [0.29, 0.717) is 30.1 Å². The number of nitrogens with one attached hydrogen (secondary N) is 1. The van der Waals surface area contributed by atoms with Crippen LogP contribution in [0.4, 0.5) is 5.95 Å². The van der Waals surface area contributed by atoms with E-state index in [4.69, 9.17) is 11.6 Å². The van der Waals surface area contributed by atoms with Crippen LogP contribution < -0.4 is 4.90 Å². The summed E-state index contributed by atoms with van der Waals surface area (Å²) in [6, 6.07) is 0. The number of fused-ring (bicyclic) bond motifs is 1. The quantitative estimate of drug-likeness (QED) is 0.639. The Morgan fingerprint density at radius 2 is 2.35 bits per heavy atom. The van der Waals surface area contributed by atoms with Gasteiger partial charge >= 0.3 is 0 Å². The van der Waals surface area contributed by atoms with Gasteiger partial charge in [-0.25, -0.2) is 4.98 Å². The van der Waals surface area contributed by atoms with Crippen LogP contribution in [0.3, 0.4) is 0 Å². The number of amides is 1. The van der Waals surface area contributed by atoms with Crippen LogP contribution in [0.25, 0.3) is 11.2 Å². The fourth-order valence-corrected chi connectivity index (χ4v) is 2.55. The van der Waals surface area contributed by atoms with Gasteiger partial charge in [0.25, 0.3) is 0 Å². The number of hydrogen-bond donors (Lipinski definition) is 1. The number of anilines is 1. The van der Waals surface area contributed by atoms with Gasteiger partial charge in [-0.2, -0.15) is 9.97 Å².